The van der Waals surface area contributed by atoms with Crippen molar-refractivity contribution in [2.75, 3.05) is 0 Å². The molecular weight excluding hydrogens is 468 g/mol. The number of halogens is 2. The minimum Gasteiger partial charge on any atom is -0.444 e. The second-order valence-corrected chi connectivity index (χ2v) is 11.7. The number of amides is 2. The number of nitrogens with zero attached hydrogens (tertiary/aromatic N) is 3. The molecule has 1 unspecified atom stereocenters. The minimum atomic E-state index is -2.67. The van der Waals surface area contributed by atoms with Gasteiger partial charge in [-0.2, -0.15) is 5.10 Å². The van der Waals surface area contributed by atoms with Gasteiger partial charge < -0.3 is 15.4 Å². The van der Waals surface area contributed by atoms with Crippen molar-refractivity contribution in [1.82, 2.24) is 25.2 Å². The lowest BCUT2D eigenvalue weighted by Gasteiger charge is -2.33. The van der Waals surface area contributed by atoms with Crippen molar-refractivity contribution < 1.29 is 23.1 Å². The maximum Gasteiger partial charge on any atom is 0.408 e. The molecule has 3 aliphatic rings. The van der Waals surface area contributed by atoms with E-state index < -0.39 is 23.7 Å². The van der Waals surface area contributed by atoms with Crippen LogP contribution in [0.2, 0.25) is 0 Å². The summed E-state index contributed by atoms with van der Waals surface area (Å²) in [5.74, 6) is -2.20. The van der Waals surface area contributed by atoms with E-state index in [2.05, 4.69) is 15.7 Å². The molecule has 0 spiro atoms. The molecule has 1 aliphatic heterocycles. The fourth-order valence-electron chi connectivity index (χ4n) is 5.50. The molecule has 1 saturated heterocycles. The summed E-state index contributed by atoms with van der Waals surface area (Å²) in [4.78, 5) is 29.8. The predicted octanol–water partition coefficient (Wildman–Crippen LogP) is 4.58. The number of hydrogen-bond acceptors (Lipinski definition) is 5. The number of alkyl halides is 2. The van der Waals surface area contributed by atoms with Gasteiger partial charge in [-0.1, -0.05) is 0 Å². The SMILES string of the molecule is CC(C)(C)OC(=O)N[C@H](c1cn2ncc(CC3C[C@@H](C4CC4)NC3=O)cc2n1)C1CCC(F)(F)CC1. The molecule has 2 amide bonds. The molecule has 5 rings (SSSR count). The Morgan fingerprint density at radius 2 is 2.00 bits per heavy atom. The number of imidazole rings is 1. The number of hydrogen-bond donors (Lipinski definition) is 2. The van der Waals surface area contributed by atoms with Crippen LogP contribution in [0.1, 0.15) is 83.0 Å². The Hall–Kier alpha value is -2.78. The summed E-state index contributed by atoms with van der Waals surface area (Å²) >= 11 is 0. The van der Waals surface area contributed by atoms with E-state index in [9.17, 15) is 18.4 Å². The minimum absolute atomic E-state index is 0.0697. The molecule has 2 saturated carbocycles. The Labute approximate surface area is 209 Å². The predicted molar refractivity (Wildman–Crippen MR) is 128 cm³/mol. The van der Waals surface area contributed by atoms with E-state index in [0.29, 0.717) is 29.7 Å². The molecule has 0 bridgehead atoms. The molecule has 3 heterocycles. The lowest BCUT2D eigenvalue weighted by molar-refractivity contribution is -0.122. The summed E-state index contributed by atoms with van der Waals surface area (Å²) in [5.41, 5.74) is 1.39. The Morgan fingerprint density at radius 3 is 2.67 bits per heavy atom. The van der Waals surface area contributed by atoms with Gasteiger partial charge in [0.1, 0.15) is 5.60 Å². The van der Waals surface area contributed by atoms with Gasteiger partial charge in [-0.3, -0.25) is 4.79 Å². The smallest absolute Gasteiger partial charge is 0.408 e. The highest BCUT2D eigenvalue weighted by Crippen LogP contribution is 2.41. The molecule has 8 nitrogen and oxygen atoms in total. The van der Waals surface area contributed by atoms with Gasteiger partial charge in [-0.15, -0.1) is 0 Å². The Bertz CT molecular complexity index is 1130. The van der Waals surface area contributed by atoms with Gasteiger partial charge in [0.2, 0.25) is 11.8 Å². The monoisotopic (exact) mass is 503 g/mol. The van der Waals surface area contributed by atoms with E-state index in [-0.39, 0.29) is 43.4 Å². The molecule has 2 aromatic rings. The van der Waals surface area contributed by atoms with Gasteiger partial charge >= 0.3 is 6.09 Å². The third kappa shape index (κ3) is 5.78. The van der Waals surface area contributed by atoms with Crippen molar-refractivity contribution in [3.8, 4) is 0 Å². The lowest BCUT2D eigenvalue weighted by atomic mass is 9.81. The zero-order valence-corrected chi connectivity index (χ0v) is 21.1. The van der Waals surface area contributed by atoms with Crippen LogP contribution in [0.3, 0.4) is 0 Å². The zero-order chi connectivity index (χ0) is 25.7. The fourth-order valence-corrected chi connectivity index (χ4v) is 5.50. The van der Waals surface area contributed by atoms with Crippen LogP contribution in [-0.2, 0) is 16.0 Å². The first-order chi connectivity index (χ1) is 17.0. The number of carbonyl (C=O) groups excluding carboxylic acids is 2. The van der Waals surface area contributed by atoms with Gasteiger partial charge in [-0.25, -0.2) is 23.1 Å². The maximum atomic E-state index is 13.8. The number of carbonyl (C=O) groups is 2. The number of aromatic nitrogens is 3. The third-order valence-electron chi connectivity index (χ3n) is 7.53. The van der Waals surface area contributed by atoms with E-state index in [0.717, 1.165) is 12.0 Å². The molecule has 36 heavy (non-hydrogen) atoms. The van der Waals surface area contributed by atoms with Crippen LogP contribution in [-0.4, -0.2) is 44.2 Å². The third-order valence-corrected chi connectivity index (χ3v) is 7.53. The second-order valence-electron chi connectivity index (χ2n) is 11.7. The molecule has 2 N–H and O–H groups in total. The first-order valence-corrected chi connectivity index (χ1v) is 13.0. The number of nitrogens with one attached hydrogen (secondary N) is 2. The van der Waals surface area contributed by atoms with E-state index >= 15 is 0 Å². The van der Waals surface area contributed by atoms with Crippen LogP contribution >= 0.6 is 0 Å². The van der Waals surface area contributed by atoms with Crippen LogP contribution in [0, 0.1) is 17.8 Å². The van der Waals surface area contributed by atoms with Crippen LogP contribution in [0.4, 0.5) is 13.6 Å². The molecule has 0 radical (unpaired) electrons. The van der Waals surface area contributed by atoms with E-state index in [1.54, 1.807) is 37.7 Å². The zero-order valence-electron chi connectivity index (χ0n) is 21.1. The van der Waals surface area contributed by atoms with Crippen molar-refractivity contribution in [3.63, 3.8) is 0 Å². The molecular formula is C26H35F2N5O3. The van der Waals surface area contributed by atoms with Crippen LogP contribution in [0.5, 0.6) is 0 Å². The highest BCUT2D eigenvalue weighted by atomic mass is 19.3. The van der Waals surface area contributed by atoms with Gasteiger partial charge in [0.05, 0.1) is 24.1 Å². The van der Waals surface area contributed by atoms with Crippen molar-refractivity contribution in [2.24, 2.45) is 17.8 Å². The highest BCUT2D eigenvalue weighted by Gasteiger charge is 2.41. The summed E-state index contributed by atoms with van der Waals surface area (Å²) in [6.07, 6.45) is 6.83. The number of ether oxygens (including phenoxy) is 1. The van der Waals surface area contributed by atoms with Crippen molar-refractivity contribution >= 4 is 17.6 Å². The first-order valence-electron chi connectivity index (χ1n) is 13.0. The quantitative estimate of drug-likeness (QED) is 0.602. The largest absolute Gasteiger partial charge is 0.444 e. The van der Waals surface area contributed by atoms with Crippen LogP contribution < -0.4 is 10.6 Å². The number of fused-ring (bicyclic) bond motifs is 1. The molecule has 196 valence electrons. The summed E-state index contributed by atoms with van der Waals surface area (Å²) in [6, 6.07) is 1.63. The second kappa shape index (κ2) is 9.27. The van der Waals surface area contributed by atoms with Crippen molar-refractivity contribution in [3.05, 3.63) is 29.7 Å². The molecule has 3 fully saturated rings. The Balaban J connectivity index is 1.34. The van der Waals surface area contributed by atoms with Crippen molar-refractivity contribution in [1.29, 1.82) is 0 Å². The maximum absolute atomic E-state index is 13.8. The number of rotatable bonds is 6. The summed E-state index contributed by atoms with van der Waals surface area (Å²) in [6.45, 7) is 5.32. The van der Waals surface area contributed by atoms with Gasteiger partial charge in [-0.05, 0) is 82.8 Å². The molecule has 0 aromatic carbocycles. The lowest BCUT2D eigenvalue weighted by Crippen LogP contribution is -2.40. The Kier molecular flexibility index (Phi) is 6.41. The van der Waals surface area contributed by atoms with Gasteiger partial charge in [0.25, 0.3) is 0 Å². The normalized spacial score (nSPS) is 25.5. The number of alkyl carbamates (subject to hydrolysis) is 1. The van der Waals surface area contributed by atoms with Gasteiger partial charge in [0, 0.05) is 24.8 Å². The molecule has 10 heteroatoms. The molecule has 2 aromatic heterocycles. The first kappa shape index (κ1) is 24.9. The fraction of sp³-hybridized carbons (Fsp3) is 0.692. The van der Waals surface area contributed by atoms with E-state index in [1.165, 1.54) is 12.8 Å². The average molecular weight is 504 g/mol. The molecule has 2 aliphatic carbocycles. The van der Waals surface area contributed by atoms with Crippen molar-refractivity contribution in [2.45, 2.75) is 95.7 Å². The van der Waals surface area contributed by atoms with E-state index in [1.807, 2.05) is 6.07 Å². The Morgan fingerprint density at radius 1 is 1.28 bits per heavy atom. The highest BCUT2D eigenvalue weighted by molar-refractivity contribution is 5.81. The standard InChI is InChI=1S/C26H35F2N5O3/c1-25(2,3)36-24(35)32-22(17-6-8-26(27,28)9-7-17)20-14-33-21(30-20)11-15(13-29-33)10-18-12-19(16-4-5-16)31-23(18)34/h11,13-14,16-19,22H,4-10,12H2,1-3H3,(H,31,34)(H,32,35)/t18?,19-,22-/m0/s1. The summed E-state index contributed by atoms with van der Waals surface area (Å²) < 4.78 is 34.7. The van der Waals surface area contributed by atoms with Crippen LogP contribution in [0.15, 0.2) is 18.5 Å². The average Bonchev–Trinajstić information content (AvgIpc) is 3.45. The summed E-state index contributed by atoms with van der Waals surface area (Å²) in [7, 11) is 0. The topological polar surface area (TPSA) is 97.6 Å². The molecule has 3 atom stereocenters. The van der Waals surface area contributed by atoms with Crippen LogP contribution in [0.25, 0.3) is 5.65 Å². The summed E-state index contributed by atoms with van der Waals surface area (Å²) in [5, 5.41) is 10.5. The van der Waals surface area contributed by atoms with Gasteiger partial charge in [0.15, 0.2) is 5.65 Å². The van der Waals surface area contributed by atoms with E-state index in [4.69, 9.17) is 9.72 Å².